The van der Waals surface area contributed by atoms with E-state index < -0.39 is 23.7 Å². The lowest BCUT2D eigenvalue weighted by atomic mass is 10.0. The molecule has 1 aromatic carbocycles. The van der Waals surface area contributed by atoms with Crippen LogP contribution in [0.25, 0.3) is 0 Å². The summed E-state index contributed by atoms with van der Waals surface area (Å²) in [5.74, 6) is -0.489. The van der Waals surface area contributed by atoms with E-state index in [1.54, 1.807) is 20.8 Å². The number of rotatable bonds is 11. The molecule has 156 valence electrons. The SMILES string of the molecule is CCCCCC(=O)CCC(NC(=O)OC(C)(C)C)C(=O)OCc1ccccc1. The Morgan fingerprint density at radius 2 is 1.71 bits per heavy atom. The smallest absolute Gasteiger partial charge is 0.408 e. The van der Waals surface area contributed by atoms with Gasteiger partial charge >= 0.3 is 12.1 Å². The Labute approximate surface area is 168 Å². The van der Waals surface area contributed by atoms with Gasteiger partial charge in [-0.2, -0.15) is 0 Å². The first kappa shape index (κ1) is 23.7. The molecular formula is C22H33NO5. The standard InChI is InChI=1S/C22H33NO5/c1-5-6-8-13-18(24)14-15-19(23-21(26)28-22(2,3)4)20(25)27-16-17-11-9-7-10-12-17/h7,9-12,19H,5-6,8,13-16H2,1-4H3,(H,23,26). The van der Waals surface area contributed by atoms with Crippen LogP contribution in [0, 0.1) is 0 Å². The molecule has 0 aromatic heterocycles. The summed E-state index contributed by atoms with van der Waals surface area (Å²) in [6, 6.07) is 8.36. The van der Waals surface area contributed by atoms with Gasteiger partial charge in [-0.25, -0.2) is 9.59 Å². The molecule has 0 aliphatic carbocycles. The minimum Gasteiger partial charge on any atom is -0.459 e. The number of unbranched alkanes of at least 4 members (excludes halogenated alkanes) is 2. The molecule has 1 unspecified atom stereocenters. The molecule has 0 bridgehead atoms. The number of esters is 1. The van der Waals surface area contributed by atoms with Crippen LogP contribution in [-0.2, 0) is 25.7 Å². The molecule has 0 radical (unpaired) electrons. The first-order valence-electron chi connectivity index (χ1n) is 9.93. The van der Waals surface area contributed by atoms with Gasteiger partial charge in [0.15, 0.2) is 0 Å². The third-order valence-corrected chi connectivity index (χ3v) is 3.97. The second-order valence-electron chi connectivity index (χ2n) is 7.83. The summed E-state index contributed by atoms with van der Waals surface area (Å²) in [6.45, 7) is 7.41. The zero-order chi connectivity index (χ0) is 21.0. The molecule has 1 N–H and O–H groups in total. The van der Waals surface area contributed by atoms with Crippen molar-refractivity contribution in [1.82, 2.24) is 5.32 Å². The predicted molar refractivity (Wildman–Crippen MR) is 108 cm³/mol. The van der Waals surface area contributed by atoms with E-state index in [9.17, 15) is 14.4 Å². The highest BCUT2D eigenvalue weighted by Gasteiger charge is 2.26. The number of alkyl carbamates (subject to hydrolysis) is 1. The van der Waals surface area contributed by atoms with Crippen LogP contribution in [0.15, 0.2) is 30.3 Å². The van der Waals surface area contributed by atoms with E-state index in [4.69, 9.17) is 9.47 Å². The number of Topliss-reactive ketones (excluding diaryl/α,β-unsaturated/α-hetero) is 1. The highest BCUT2D eigenvalue weighted by atomic mass is 16.6. The maximum atomic E-state index is 12.5. The Morgan fingerprint density at radius 1 is 1.04 bits per heavy atom. The second-order valence-corrected chi connectivity index (χ2v) is 7.83. The third-order valence-electron chi connectivity index (χ3n) is 3.97. The van der Waals surface area contributed by atoms with Gasteiger partial charge < -0.3 is 14.8 Å². The molecular weight excluding hydrogens is 358 g/mol. The van der Waals surface area contributed by atoms with Crippen molar-refractivity contribution in [3.8, 4) is 0 Å². The number of ketones is 1. The number of nitrogens with one attached hydrogen (secondary N) is 1. The van der Waals surface area contributed by atoms with Gasteiger partial charge in [0.05, 0.1) is 0 Å². The van der Waals surface area contributed by atoms with Crippen molar-refractivity contribution in [2.24, 2.45) is 0 Å². The van der Waals surface area contributed by atoms with Crippen LogP contribution in [-0.4, -0.2) is 29.5 Å². The number of benzene rings is 1. The second kappa shape index (κ2) is 12.2. The average Bonchev–Trinajstić information content (AvgIpc) is 2.62. The normalized spacial score (nSPS) is 12.1. The zero-order valence-corrected chi connectivity index (χ0v) is 17.5. The number of ether oxygens (including phenoxy) is 2. The van der Waals surface area contributed by atoms with Crippen LogP contribution in [0.2, 0.25) is 0 Å². The largest absolute Gasteiger partial charge is 0.459 e. The van der Waals surface area contributed by atoms with Crippen LogP contribution in [0.4, 0.5) is 4.79 Å². The van der Waals surface area contributed by atoms with E-state index in [1.165, 1.54) is 0 Å². The van der Waals surface area contributed by atoms with Crippen molar-refractivity contribution >= 4 is 17.8 Å². The molecule has 0 spiro atoms. The monoisotopic (exact) mass is 391 g/mol. The summed E-state index contributed by atoms with van der Waals surface area (Å²) < 4.78 is 10.6. The number of carbonyl (C=O) groups is 3. The molecule has 0 aliphatic heterocycles. The fraction of sp³-hybridized carbons (Fsp3) is 0.591. The Bertz CT molecular complexity index is 622. The van der Waals surface area contributed by atoms with Crippen molar-refractivity contribution in [2.75, 3.05) is 0 Å². The van der Waals surface area contributed by atoms with Gasteiger partial charge in [-0.15, -0.1) is 0 Å². The number of amides is 1. The molecule has 1 atom stereocenters. The van der Waals surface area contributed by atoms with Crippen LogP contribution in [0.3, 0.4) is 0 Å². The molecule has 6 nitrogen and oxygen atoms in total. The molecule has 1 aromatic rings. The Morgan fingerprint density at radius 3 is 2.32 bits per heavy atom. The van der Waals surface area contributed by atoms with E-state index in [-0.39, 0.29) is 25.2 Å². The molecule has 1 amide bonds. The van der Waals surface area contributed by atoms with Crippen LogP contribution >= 0.6 is 0 Å². The summed E-state index contributed by atoms with van der Waals surface area (Å²) >= 11 is 0. The van der Waals surface area contributed by atoms with Crippen molar-refractivity contribution in [2.45, 2.75) is 84.5 Å². The molecule has 0 aliphatic rings. The maximum absolute atomic E-state index is 12.5. The molecule has 0 saturated heterocycles. The fourth-order valence-electron chi connectivity index (χ4n) is 2.53. The van der Waals surface area contributed by atoms with Crippen molar-refractivity contribution in [3.63, 3.8) is 0 Å². The maximum Gasteiger partial charge on any atom is 0.408 e. The first-order chi connectivity index (χ1) is 13.2. The predicted octanol–water partition coefficient (Wildman–Crippen LogP) is 4.55. The topological polar surface area (TPSA) is 81.7 Å². The third kappa shape index (κ3) is 10.7. The van der Waals surface area contributed by atoms with Gasteiger partial charge in [-0.1, -0.05) is 50.1 Å². The van der Waals surface area contributed by atoms with Crippen LogP contribution in [0.5, 0.6) is 0 Å². The number of carbonyl (C=O) groups excluding carboxylic acids is 3. The van der Waals surface area contributed by atoms with E-state index in [0.717, 1.165) is 24.8 Å². The van der Waals surface area contributed by atoms with Gasteiger partial charge in [0.1, 0.15) is 24.0 Å². The molecule has 0 saturated carbocycles. The molecule has 1 rings (SSSR count). The lowest BCUT2D eigenvalue weighted by Gasteiger charge is -2.23. The van der Waals surface area contributed by atoms with Gasteiger partial charge in [0.2, 0.25) is 0 Å². The number of hydrogen-bond acceptors (Lipinski definition) is 5. The van der Waals surface area contributed by atoms with E-state index >= 15 is 0 Å². The Hall–Kier alpha value is -2.37. The summed E-state index contributed by atoms with van der Waals surface area (Å²) in [7, 11) is 0. The van der Waals surface area contributed by atoms with Crippen LogP contribution < -0.4 is 5.32 Å². The highest BCUT2D eigenvalue weighted by molar-refractivity contribution is 5.83. The summed E-state index contributed by atoms with van der Waals surface area (Å²) in [4.78, 5) is 36.6. The van der Waals surface area contributed by atoms with Gasteiger partial charge in [0, 0.05) is 12.8 Å². The summed E-state index contributed by atoms with van der Waals surface area (Å²) in [5, 5.41) is 2.54. The van der Waals surface area contributed by atoms with Crippen molar-refractivity contribution in [3.05, 3.63) is 35.9 Å². The minimum atomic E-state index is -0.923. The van der Waals surface area contributed by atoms with Crippen molar-refractivity contribution in [1.29, 1.82) is 0 Å². The van der Waals surface area contributed by atoms with Gasteiger partial charge in [-0.3, -0.25) is 4.79 Å². The fourth-order valence-corrected chi connectivity index (χ4v) is 2.53. The lowest BCUT2D eigenvalue weighted by Crippen LogP contribution is -2.44. The lowest BCUT2D eigenvalue weighted by molar-refractivity contribution is -0.147. The molecule has 0 fully saturated rings. The van der Waals surface area contributed by atoms with Crippen molar-refractivity contribution < 1.29 is 23.9 Å². The van der Waals surface area contributed by atoms with E-state index in [0.29, 0.717) is 6.42 Å². The van der Waals surface area contributed by atoms with Gasteiger partial charge in [-0.05, 0) is 39.2 Å². The summed E-state index contributed by atoms with van der Waals surface area (Å²) in [5.41, 5.74) is 0.168. The summed E-state index contributed by atoms with van der Waals surface area (Å²) in [6.07, 6.45) is 3.09. The van der Waals surface area contributed by atoms with E-state index in [2.05, 4.69) is 12.2 Å². The quantitative estimate of drug-likeness (QED) is 0.442. The van der Waals surface area contributed by atoms with Gasteiger partial charge in [0.25, 0.3) is 0 Å². The Balaban J connectivity index is 2.63. The number of hydrogen-bond donors (Lipinski definition) is 1. The molecule has 6 heteroatoms. The Kier molecular flexibility index (Phi) is 10.3. The first-order valence-corrected chi connectivity index (χ1v) is 9.93. The molecule has 0 heterocycles. The minimum absolute atomic E-state index is 0.0836. The van der Waals surface area contributed by atoms with Crippen LogP contribution in [0.1, 0.15) is 71.8 Å². The average molecular weight is 392 g/mol. The zero-order valence-electron chi connectivity index (χ0n) is 17.5. The van der Waals surface area contributed by atoms with E-state index in [1.807, 2.05) is 30.3 Å². The molecule has 28 heavy (non-hydrogen) atoms. The highest BCUT2D eigenvalue weighted by Crippen LogP contribution is 2.11.